The Hall–Kier alpha value is -3.15. The highest BCUT2D eigenvalue weighted by molar-refractivity contribution is 7.98. The number of tetrazole rings is 1. The zero-order chi connectivity index (χ0) is 24.2. The number of morpholine rings is 1. The second-order valence-electron chi connectivity index (χ2n) is 8.45. The van der Waals surface area contributed by atoms with Crippen molar-refractivity contribution in [3.63, 3.8) is 0 Å². The summed E-state index contributed by atoms with van der Waals surface area (Å²) < 4.78 is 22.9. The second-order valence-corrected chi connectivity index (χ2v) is 9.40. The highest BCUT2D eigenvalue weighted by Gasteiger charge is 2.19. The minimum Gasteiger partial charge on any atom is -0.379 e. The van der Waals surface area contributed by atoms with Gasteiger partial charge in [0.15, 0.2) is 16.8 Å². The molecule has 9 nitrogen and oxygen atoms in total. The van der Waals surface area contributed by atoms with Crippen molar-refractivity contribution in [2.24, 2.45) is 0 Å². The molecule has 0 spiro atoms. The SMILES string of the molecule is Cc1cccc(C)c1-n1nnnc1CSc1nnc(-c2ccc(F)cc2)n1CCN1CCOCC1. The van der Waals surface area contributed by atoms with Gasteiger partial charge in [-0.25, -0.2) is 4.39 Å². The molecule has 1 saturated heterocycles. The Morgan fingerprint density at radius 1 is 0.943 bits per heavy atom. The van der Waals surface area contributed by atoms with Gasteiger partial charge in [-0.2, -0.15) is 4.68 Å². The number of hydrogen-bond donors (Lipinski definition) is 0. The topological polar surface area (TPSA) is 86.8 Å². The first kappa shape index (κ1) is 23.6. The van der Waals surface area contributed by atoms with Crippen molar-refractivity contribution >= 4 is 11.8 Å². The van der Waals surface area contributed by atoms with Crippen LogP contribution in [-0.2, 0) is 17.0 Å². The highest BCUT2D eigenvalue weighted by atomic mass is 32.2. The van der Waals surface area contributed by atoms with Crippen LogP contribution in [0.2, 0.25) is 0 Å². The van der Waals surface area contributed by atoms with E-state index in [1.165, 1.54) is 23.9 Å². The fraction of sp³-hybridized carbons (Fsp3) is 0.375. The molecular formula is C24H27FN8OS. The van der Waals surface area contributed by atoms with Gasteiger partial charge in [0, 0.05) is 31.7 Å². The van der Waals surface area contributed by atoms with E-state index in [9.17, 15) is 4.39 Å². The van der Waals surface area contributed by atoms with Gasteiger partial charge >= 0.3 is 0 Å². The van der Waals surface area contributed by atoms with Gasteiger partial charge in [-0.3, -0.25) is 4.90 Å². The summed E-state index contributed by atoms with van der Waals surface area (Å²) in [5.74, 6) is 1.70. The summed E-state index contributed by atoms with van der Waals surface area (Å²) in [5, 5.41) is 22.2. The van der Waals surface area contributed by atoms with Crippen LogP contribution in [0.3, 0.4) is 0 Å². The van der Waals surface area contributed by atoms with Crippen molar-refractivity contribution in [2.45, 2.75) is 31.3 Å². The number of aryl methyl sites for hydroxylation is 2. The van der Waals surface area contributed by atoms with E-state index in [-0.39, 0.29) is 5.82 Å². The van der Waals surface area contributed by atoms with Gasteiger partial charge < -0.3 is 9.30 Å². The smallest absolute Gasteiger partial charge is 0.191 e. The summed E-state index contributed by atoms with van der Waals surface area (Å²) >= 11 is 1.54. The van der Waals surface area contributed by atoms with Crippen LogP contribution >= 0.6 is 11.8 Å². The molecule has 1 fully saturated rings. The molecule has 0 saturated carbocycles. The first-order chi connectivity index (χ1) is 17.1. The summed E-state index contributed by atoms with van der Waals surface area (Å²) in [6.07, 6.45) is 0. The van der Waals surface area contributed by atoms with E-state index in [2.05, 4.69) is 61.2 Å². The summed E-state index contributed by atoms with van der Waals surface area (Å²) in [7, 11) is 0. The third-order valence-electron chi connectivity index (χ3n) is 6.08. The lowest BCUT2D eigenvalue weighted by Gasteiger charge is -2.27. The minimum absolute atomic E-state index is 0.277. The van der Waals surface area contributed by atoms with Gasteiger partial charge in [0.2, 0.25) is 0 Å². The molecule has 0 unspecified atom stereocenters. The molecule has 182 valence electrons. The molecular weight excluding hydrogens is 467 g/mol. The van der Waals surface area contributed by atoms with E-state index in [1.54, 1.807) is 16.8 Å². The molecule has 2 aromatic heterocycles. The van der Waals surface area contributed by atoms with E-state index in [4.69, 9.17) is 4.74 Å². The van der Waals surface area contributed by atoms with E-state index in [0.29, 0.717) is 12.3 Å². The van der Waals surface area contributed by atoms with E-state index in [1.807, 2.05) is 6.07 Å². The number of hydrogen-bond acceptors (Lipinski definition) is 8. The van der Waals surface area contributed by atoms with Crippen molar-refractivity contribution in [1.29, 1.82) is 0 Å². The Morgan fingerprint density at radius 2 is 1.69 bits per heavy atom. The van der Waals surface area contributed by atoms with Crippen LogP contribution in [-0.4, -0.2) is 72.7 Å². The van der Waals surface area contributed by atoms with Crippen LogP contribution in [0.4, 0.5) is 4.39 Å². The van der Waals surface area contributed by atoms with Crippen LogP contribution in [0.25, 0.3) is 17.1 Å². The Labute approximate surface area is 207 Å². The number of rotatable bonds is 8. The molecule has 4 aromatic rings. The largest absolute Gasteiger partial charge is 0.379 e. The van der Waals surface area contributed by atoms with Gasteiger partial charge in [0.05, 0.1) is 24.7 Å². The zero-order valence-electron chi connectivity index (χ0n) is 19.8. The molecule has 2 aromatic carbocycles. The number of para-hydroxylation sites is 1. The molecule has 1 aliphatic rings. The lowest BCUT2D eigenvalue weighted by Crippen LogP contribution is -2.38. The molecule has 35 heavy (non-hydrogen) atoms. The third kappa shape index (κ3) is 5.26. The molecule has 0 atom stereocenters. The fourth-order valence-electron chi connectivity index (χ4n) is 4.21. The summed E-state index contributed by atoms with van der Waals surface area (Å²) in [6, 6.07) is 12.5. The Balaban J connectivity index is 1.40. The Kier molecular flexibility index (Phi) is 7.16. The van der Waals surface area contributed by atoms with Crippen molar-refractivity contribution in [1.82, 2.24) is 39.9 Å². The number of halogens is 1. The third-order valence-corrected chi connectivity index (χ3v) is 7.04. The number of nitrogens with zero attached hydrogens (tertiary/aromatic N) is 8. The molecule has 0 radical (unpaired) electrons. The number of aromatic nitrogens is 7. The molecule has 0 bridgehead atoms. The van der Waals surface area contributed by atoms with Crippen LogP contribution in [0.5, 0.6) is 0 Å². The number of benzene rings is 2. The fourth-order valence-corrected chi connectivity index (χ4v) is 5.08. The molecule has 3 heterocycles. The molecule has 0 amide bonds. The summed E-state index contributed by atoms with van der Waals surface area (Å²) in [5.41, 5.74) is 4.04. The van der Waals surface area contributed by atoms with Gasteiger partial charge in [-0.05, 0) is 59.7 Å². The van der Waals surface area contributed by atoms with Crippen LogP contribution < -0.4 is 0 Å². The minimum atomic E-state index is -0.277. The van der Waals surface area contributed by atoms with E-state index in [0.717, 1.165) is 72.0 Å². The molecule has 5 rings (SSSR count). The molecule has 11 heteroatoms. The highest BCUT2D eigenvalue weighted by Crippen LogP contribution is 2.27. The predicted octanol–water partition coefficient (Wildman–Crippen LogP) is 3.30. The lowest BCUT2D eigenvalue weighted by atomic mass is 10.1. The van der Waals surface area contributed by atoms with Crippen molar-refractivity contribution < 1.29 is 9.13 Å². The Morgan fingerprint density at radius 3 is 2.43 bits per heavy atom. The van der Waals surface area contributed by atoms with Gasteiger partial charge in [-0.15, -0.1) is 15.3 Å². The average Bonchev–Trinajstić information content (AvgIpc) is 3.49. The average molecular weight is 495 g/mol. The van der Waals surface area contributed by atoms with Crippen LogP contribution in [0.1, 0.15) is 17.0 Å². The van der Waals surface area contributed by atoms with E-state index >= 15 is 0 Å². The first-order valence-corrected chi connectivity index (χ1v) is 12.5. The van der Waals surface area contributed by atoms with E-state index < -0.39 is 0 Å². The lowest BCUT2D eigenvalue weighted by molar-refractivity contribution is 0.0361. The van der Waals surface area contributed by atoms with Gasteiger partial charge in [0.1, 0.15) is 5.82 Å². The predicted molar refractivity (Wildman–Crippen MR) is 131 cm³/mol. The normalized spacial score (nSPS) is 14.5. The molecule has 1 aliphatic heterocycles. The van der Waals surface area contributed by atoms with Gasteiger partial charge in [0.25, 0.3) is 0 Å². The molecule has 0 N–H and O–H groups in total. The monoisotopic (exact) mass is 494 g/mol. The zero-order valence-corrected chi connectivity index (χ0v) is 20.6. The van der Waals surface area contributed by atoms with Crippen LogP contribution in [0, 0.1) is 19.7 Å². The van der Waals surface area contributed by atoms with Crippen LogP contribution in [0.15, 0.2) is 47.6 Å². The summed E-state index contributed by atoms with van der Waals surface area (Å²) in [6.45, 7) is 8.97. The second kappa shape index (κ2) is 10.6. The first-order valence-electron chi connectivity index (χ1n) is 11.6. The van der Waals surface area contributed by atoms with Crippen molar-refractivity contribution in [3.8, 4) is 17.1 Å². The maximum Gasteiger partial charge on any atom is 0.191 e. The maximum absolute atomic E-state index is 13.5. The number of ether oxygens (including phenoxy) is 1. The standard InChI is InChI=1S/C24H27FN8OS/c1-17-4-3-5-18(2)22(17)33-21(26-29-30-33)16-35-24-28-27-23(19-6-8-20(25)9-7-19)32(24)11-10-31-12-14-34-15-13-31/h3-9H,10-16H2,1-2H3. The maximum atomic E-state index is 13.5. The van der Waals surface area contributed by atoms with Crippen molar-refractivity contribution in [2.75, 3.05) is 32.8 Å². The number of thioether (sulfide) groups is 1. The van der Waals surface area contributed by atoms with Crippen molar-refractivity contribution in [3.05, 3.63) is 65.2 Å². The quantitative estimate of drug-likeness (QED) is 0.345. The summed E-state index contributed by atoms with van der Waals surface area (Å²) in [4.78, 5) is 2.37. The molecule has 0 aliphatic carbocycles. The Bertz CT molecular complexity index is 1260. The van der Waals surface area contributed by atoms with Gasteiger partial charge in [-0.1, -0.05) is 30.0 Å².